The highest BCUT2D eigenvalue weighted by Crippen LogP contribution is 2.17. The molecule has 0 spiro atoms. The molecule has 138 valence electrons. The van der Waals surface area contributed by atoms with Crippen LogP contribution in [-0.2, 0) is 6.54 Å². The van der Waals surface area contributed by atoms with Crippen molar-refractivity contribution in [2.45, 2.75) is 6.54 Å². The topological polar surface area (TPSA) is 115 Å². The predicted molar refractivity (Wildman–Crippen MR) is 98.9 cm³/mol. The second-order valence-corrected chi connectivity index (χ2v) is 5.49. The number of aromatic nitrogens is 3. The Balaban J connectivity index is 1.68. The third kappa shape index (κ3) is 4.46. The highest BCUT2D eigenvalue weighted by atomic mass is 19.1. The number of hydrogen-bond donors (Lipinski definition) is 3. The molecule has 1 amide bonds. The number of halogens is 1. The smallest absolute Gasteiger partial charge is 0.277 e. The van der Waals surface area contributed by atoms with E-state index in [1.54, 1.807) is 30.5 Å². The van der Waals surface area contributed by atoms with Gasteiger partial charge in [0.05, 0.1) is 31.2 Å². The van der Waals surface area contributed by atoms with Crippen LogP contribution in [0.3, 0.4) is 0 Å². The van der Waals surface area contributed by atoms with Gasteiger partial charge in [0, 0.05) is 24.1 Å². The lowest BCUT2D eigenvalue weighted by Crippen LogP contribution is -2.16. The van der Waals surface area contributed by atoms with Gasteiger partial charge in [-0.15, -0.1) is 0 Å². The number of hydrogen-bond acceptors (Lipinski definition) is 7. The van der Waals surface area contributed by atoms with Crippen LogP contribution in [0.15, 0.2) is 48.9 Å². The molecule has 0 aromatic carbocycles. The van der Waals surface area contributed by atoms with E-state index in [1.165, 1.54) is 19.5 Å². The summed E-state index contributed by atoms with van der Waals surface area (Å²) in [6.45, 7) is 0.370. The zero-order valence-electron chi connectivity index (χ0n) is 14.4. The van der Waals surface area contributed by atoms with Gasteiger partial charge in [-0.3, -0.25) is 9.78 Å². The van der Waals surface area contributed by atoms with Crippen molar-refractivity contribution in [3.63, 3.8) is 0 Å². The molecule has 0 fully saturated rings. The Morgan fingerprint density at radius 3 is 2.81 bits per heavy atom. The average molecular weight is 368 g/mol. The van der Waals surface area contributed by atoms with Gasteiger partial charge in [-0.1, -0.05) is 0 Å². The maximum absolute atomic E-state index is 14.0. The van der Waals surface area contributed by atoms with Gasteiger partial charge < -0.3 is 21.1 Å². The lowest BCUT2D eigenvalue weighted by atomic mass is 10.2. The molecule has 3 heterocycles. The fourth-order valence-electron chi connectivity index (χ4n) is 2.29. The number of amides is 1. The number of nitrogen functional groups attached to an aromatic ring is 1. The maximum Gasteiger partial charge on any atom is 0.277 e. The molecule has 3 aromatic heterocycles. The summed E-state index contributed by atoms with van der Waals surface area (Å²) in [7, 11) is 1.39. The SMILES string of the molecule is COc1cnc(C(=O)Nc2ccnc(CNc3cccnc3N)c2)c(F)c1. The van der Waals surface area contributed by atoms with Crippen LogP contribution in [0, 0.1) is 5.82 Å². The second-order valence-electron chi connectivity index (χ2n) is 5.49. The van der Waals surface area contributed by atoms with E-state index in [-0.39, 0.29) is 11.4 Å². The number of methoxy groups -OCH3 is 1. The number of carbonyl (C=O) groups excluding carboxylic acids is 1. The molecule has 27 heavy (non-hydrogen) atoms. The lowest BCUT2D eigenvalue weighted by Gasteiger charge is -2.10. The van der Waals surface area contributed by atoms with Crippen LogP contribution in [0.2, 0.25) is 0 Å². The Morgan fingerprint density at radius 1 is 1.22 bits per heavy atom. The van der Waals surface area contributed by atoms with Crippen LogP contribution in [0.5, 0.6) is 5.75 Å². The van der Waals surface area contributed by atoms with Crippen LogP contribution >= 0.6 is 0 Å². The summed E-state index contributed by atoms with van der Waals surface area (Å²) in [5.41, 5.74) is 7.25. The molecule has 4 N–H and O–H groups in total. The fraction of sp³-hybridized carbons (Fsp3) is 0.111. The molecule has 0 radical (unpaired) electrons. The molecule has 0 aliphatic heterocycles. The minimum absolute atomic E-state index is 0.232. The van der Waals surface area contributed by atoms with E-state index >= 15 is 0 Å². The van der Waals surface area contributed by atoms with E-state index in [0.29, 0.717) is 29.4 Å². The monoisotopic (exact) mass is 368 g/mol. The Kier molecular flexibility index (Phi) is 5.41. The Morgan fingerprint density at radius 2 is 2.07 bits per heavy atom. The molecule has 9 heteroatoms. The number of nitrogens with two attached hydrogens (primary N) is 1. The first kappa shape index (κ1) is 18.1. The van der Waals surface area contributed by atoms with Crippen molar-refractivity contribution >= 4 is 23.1 Å². The Labute approximate surface area is 154 Å². The average Bonchev–Trinajstić information content (AvgIpc) is 2.67. The minimum Gasteiger partial charge on any atom is -0.495 e. The van der Waals surface area contributed by atoms with E-state index in [0.717, 1.165) is 6.07 Å². The van der Waals surface area contributed by atoms with E-state index in [2.05, 4.69) is 25.6 Å². The van der Waals surface area contributed by atoms with E-state index in [9.17, 15) is 9.18 Å². The van der Waals surface area contributed by atoms with Gasteiger partial charge in [0.2, 0.25) is 0 Å². The highest BCUT2D eigenvalue weighted by molar-refractivity contribution is 6.03. The molecule has 0 aliphatic carbocycles. The first-order valence-electron chi connectivity index (χ1n) is 7.97. The molecule has 0 bridgehead atoms. The van der Waals surface area contributed by atoms with Crippen molar-refractivity contribution in [2.24, 2.45) is 0 Å². The molecule has 0 unspecified atom stereocenters. The molecular weight excluding hydrogens is 351 g/mol. The third-order valence-corrected chi connectivity index (χ3v) is 3.64. The molecule has 0 atom stereocenters. The number of rotatable bonds is 6. The quantitative estimate of drug-likeness (QED) is 0.612. The standard InChI is InChI=1S/C18H17FN6O2/c1-27-13-8-14(19)16(24-10-13)18(26)25-11-4-6-21-12(7-11)9-23-15-3-2-5-22-17(15)20/h2-8,10,23H,9H2,1H3,(H2,20,22)(H,21,25,26). The second kappa shape index (κ2) is 8.09. The maximum atomic E-state index is 14.0. The first-order chi connectivity index (χ1) is 13.1. The summed E-state index contributed by atoms with van der Waals surface area (Å²) >= 11 is 0. The van der Waals surface area contributed by atoms with Crippen molar-refractivity contribution in [1.82, 2.24) is 15.0 Å². The minimum atomic E-state index is -0.769. The van der Waals surface area contributed by atoms with Crippen LogP contribution < -0.4 is 21.1 Å². The molecule has 0 saturated carbocycles. The molecule has 8 nitrogen and oxygen atoms in total. The van der Waals surface area contributed by atoms with Crippen LogP contribution in [0.1, 0.15) is 16.2 Å². The van der Waals surface area contributed by atoms with Crippen molar-refractivity contribution in [3.8, 4) is 5.75 Å². The molecular formula is C18H17FN6O2. The van der Waals surface area contributed by atoms with Crippen molar-refractivity contribution in [1.29, 1.82) is 0 Å². The summed E-state index contributed by atoms with van der Waals surface area (Å²) in [4.78, 5) is 24.3. The lowest BCUT2D eigenvalue weighted by molar-refractivity contribution is 0.101. The van der Waals surface area contributed by atoms with Crippen molar-refractivity contribution < 1.29 is 13.9 Å². The van der Waals surface area contributed by atoms with Gasteiger partial charge in [-0.05, 0) is 24.3 Å². The number of nitrogens with one attached hydrogen (secondary N) is 2. The zero-order chi connectivity index (χ0) is 19.2. The summed E-state index contributed by atoms with van der Waals surface area (Å²) < 4.78 is 18.8. The van der Waals surface area contributed by atoms with Gasteiger partial charge in [-0.25, -0.2) is 14.4 Å². The normalized spacial score (nSPS) is 10.3. The van der Waals surface area contributed by atoms with Gasteiger partial charge in [0.15, 0.2) is 11.5 Å². The summed E-state index contributed by atoms with van der Waals surface area (Å²) in [5, 5.41) is 5.71. The van der Waals surface area contributed by atoms with Gasteiger partial charge in [0.1, 0.15) is 11.6 Å². The van der Waals surface area contributed by atoms with Crippen LogP contribution in [-0.4, -0.2) is 28.0 Å². The zero-order valence-corrected chi connectivity index (χ0v) is 14.4. The van der Waals surface area contributed by atoms with Crippen LogP contribution in [0.4, 0.5) is 21.6 Å². The Hall–Kier alpha value is -3.75. The van der Waals surface area contributed by atoms with Crippen LogP contribution in [0.25, 0.3) is 0 Å². The van der Waals surface area contributed by atoms with Crippen molar-refractivity contribution in [2.75, 3.05) is 23.5 Å². The number of nitrogens with zero attached hydrogens (tertiary/aromatic N) is 3. The van der Waals surface area contributed by atoms with Gasteiger partial charge in [-0.2, -0.15) is 0 Å². The molecule has 3 aromatic rings. The van der Waals surface area contributed by atoms with Gasteiger partial charge in [0.25, 0.3) is 5.91 Å². The number of anilines is 3. The summed E-state index contributed by atoms with van der Waals surface area (Å²) in [5.74, 6) is -0.828. The molecule has 3 rings (SSSR count). The van der Waals surface area contributed by atoms with E-state index in [1.807, 2.05) is 0 Å². The fourth-order valence-corrected chi connectivity index (χ4v) is 2.29. The van der Waals surface area contributed by atoms with E-state index < -0.39 is 11.7 Å². The number of pyridine rings is 3. The molecule has 0 saturated heterocycles. The first-order valence-corrected chi connectivity index (χ1v) is 7.97. The summed E-state index contributed by atoms with van der Waals surface area (Å²) in [6, 6.07) is 7.92. The number of carbonyl (C=O) groups is 1. The molecule has 0 aliphatic rings. The van der Waals surface area contributed by atoms with Gasteiger partial charge >= 0.3 is 0 Å². The number of ether oxygens (including phenoxy) is 1. The summed E-state index contributed by atoms with van der Waals surface area (Å²) in [6.07, 6.45) is 4.41. The third-order valence-electron chi connectivity index (χ3n) is 3.64. The largest absolute Gasteiger partial charge is 0.495 e. The predicted octanol–water partition coefficient (Wildman–Crippen LogP) is 2.47. The highest BCUT2D eigenvalue weighted by Gasteiger charge is 2.15. The van der Waals surface area contributed by atoms with Crippen molar-refractivity contribution in [3.05, 3.63) is 66.1 Å². The Bertz CT molecular complexity index is 966. The van der Waals surface area contributed by atoms with E-state index in [4.69, 9.17) is 10.5 Å².